The van der Waals surface area contributed by atoms with Gasteiger partial charge in [0.05, 0.1) is 12.8 Å². The standard InChI is InChI=1S/C9H15NO4.2ClH/c1-2-3-7(6-9(13)14)10-5-4-8(11)12;;/h2,7,10H,1,3-6H2,(H,11,12)(H,13,14);2*1H. The summed E-state index contributed by atoms with van der Waals surface area (Å²) in [6.07, 6.45) is 2.10. The van der Waals surface area contributed by atoms with Crippen LogP contribution in [0.3, 0.4) is 0 Å². The number of carboxylic acids is 2. The van der Waals surface area contributed by atoms with E-state index >= 15 is 0 Å². The number of aliphatic carboxylic acids is 2. The van der Waals surface area contributed by atoms with E-state index in [0.29, 0.717) is 6.42 Å². The van der Waals surface area contributed by atoms with Gasteiger partial charge in [0.15, 0.2) is 0 Å². The lowest BCUT2D eigenvalue weighted by Gasteiger charge is -2.13. The SMILES string of the molecule is C=CCC(CC(=O)O)NCCC(=O)O.Cl.Cl. The van der Waals surface area contributed by atoms with Crippen molar-refractivity contribution >= 4 is 36.8 Å². The zero-order valence-corrected chi connectivity index (χ0v) is 10.4. The van der Waals surface area contributed by atoms with E-state index in [0.717, 1.165) is 0 Å². The minimum Gasteiger partial charge on any atom is -0.481 e. The summed E-state index contributed by atoms with van der Waals surface area (Å²) in [7, 11) is 0. The van der Waals surface area contributed by atoms with E-state index in [4.69, 9.17) is 10.2 Å². The van der Waals surface area contributed by atoms with Crippen molar-refractivity contribution in [2.75, 3.05) is 6.54 Å². The van der Waals surface area contributed by atoms with Crippen molar-refractivity contribution in [1.82, 2.24) is 5.32 Å². The van der Waals surface area contributed by atoms with Crippen LogP contribution in [0.1, 0.15) is 19.3 Å². The van der Waals surface area contributed by atoms with Gasteiger partial charge in [0.1, 0.15) is 0 Å². The Morgan fingerprint density at radius 3 is 2.19 bits per heavy atom. The van der Waals surface area contributed by atoms with Crippen molar-refractivity contribution in [3.05, 3.63) is 12.7 Å². The maximum atomic E-state index is 10.4. The molecule has 0 fully saturated rings. The van der Waals surface area contributed by atoms with E-state index < -0.39 is 11.9 Å². The third kappa shape index (κ3) is 13.2. The lowest BCUT2D eigenvalue weighted by Crippen LogP contribution is -2.32. The molecule has 5 nitrogen and oxygen atoms in total. The number of carbonyl (C=O) groups is 2. The second-order valence-electron chi connectivity index (χ2n) is 2.92. The molecule has 0 amide bonds. The smallest absolute Gasteiger partial charge is 0.304 e. The van der Waals surface area contributed by atoms with Crippen molar-refractivity contribution in [2.24, 2.45) is 0 Å². The quantitative estimate of drug-likeness (QED) is 0.581. The van der Waals surface area contributed by atoms with E-state index in [-0.39, 0.29) is 50.2 Å². The molecule has 16 heavy (non-hydrogen) atoms. The zero-order valence-electron chi connectivity index (χ0n) is 8.72. The number of rotatable bonds is 8. The summed E-state index contributed by atoms with van der Waals surface area (Å²) in [5.74, 6) is -1.80. The first-order valence-electron chi connectivity index (χ1n) is 4.34. The van der Waals surface area contributed by atoms with Crippen LogP contribution in [0.15, 0.2) is 12.7 Å². The van der Waals surface area contributed by atoms with Crippen LogP contribution < -0.4 is 5.32 Å². The second kappa shape index (κ2) is 12.3. The number of hydrogen-bond acceptors (Lipinski definition) is 3. The lowest BCUT2D eigenvalue weighted by molar-refractivity contribution is -0.137. The van der Waals surface area contributed by atoms with Crippen LogP contribution in [-0.4, -0.2) is 34.7 Å². The van der Waals surface area contributed by atoms with Crippen molar-refractivity contribution in [1.29, 1.82) is 0 Å². The zero-order chi connectivity index (χ0) is 11.0. The van der Waals surface area contributed by atoms with Gasteiger partial charge in [-0.2, -0.15) is 0 Å². The van der Waals surface area contributed by atoms with Crippen LogP contribution in [0.2, 0.25) is 0 Å². The summed E-state index contributed by atoms with van der Waals surface area (Å²) >= 11 is 0. The normalized spacial score (nSPS) is 10.5. The average molecular weight is 274 g/mol. The molecule has 0 heterocycles. The molecule has 0 saturated heterocycles. The highest BCUT2D eigenvalue weighted by Crippen LogP contribution is 1.99. The van der Waals surface area contributed by atoms with Gasteiger partial charge >= 0.3 is 11.9 Å². The molecule has 1 unspecified atom stereocenters. The molecular formula is C9H17Cl2NO4. The first-order chi connectivity index (χ1) is 6.56. The highest BCUT2D eigenvalue weighted by atomic mass is 35.5. The van der Waals surface area contributed by atoms with Crippen LogP contribution in [0.25, 0.3) is 0 Å². The highest BCUT2D eigenvalue weighted by Gasteiger charge is 2.10. The summed E-state index contributed by atoms with van der Waals surface area (Å²) in [4.78, 5) is 20.6. The van der Waals surface area contributed by atoms with Gasteiger partial charge < -0.3 is 15.5 Å². The van der Waals surface area contributed by atoms with Gasteiger partial charge in [0, 0.05) is 12.6 Å². The van der Waals surface area contributed by atoms with Gasteiger partial charge in [0.2, 0.25) is 0 Å². The van der Waals surface area contributed by atoms with Crippen LogP contribution in [0.5, 0.6) is 0 Å². The fourth-order valence-electron chi connectivity index (χ4n) is 1.03. The van der Waals surface area contributed by atoms with Crippen molar-refractivity contribution in [3.63, 3.8) is 0 Å². The minimum atomic E-state index is -0.903. The van der Waals surface area contributed by atoms with Crippen LogP contribution >= 0.6 is 24.8 Å². The molecule has 1 atom stereocenters. The Morgan fingerprint density at radius 2 is 1.81 bits per heavy atom. The molecule has 3 N–H and O–H groups in total. The molecule has 96 valence electrons. The third-order valence-electron chi connectivity index (χ3n) is 1.64. The molecule has 0 bridgehead atoms. The second-order valence-corrected chi connectivity index (χ2v) is 2.92. The fourth-order valence-corrected chi connectivity index (χ4v) is 1.03. The number of carboxylic acid groups (broad SMARTS) is 2. The molecule has 0 aliphatic rings. The van der Waals surface area contributed by atoms with Crippen molar-refractivity contribution in [3.8, 4) is 0 Å². The van der Waals surface area contributed by atoms with Gasteiger partial charge in [-0.25, -0.2) is 0 Å². The van der Waals surface area contributed by atoms with E-state index in [1.165, 1.54) is 0 Å². The van der Waals surface area contributed by atoms with E-state index in [1.807, 2.05) is 0 Å². The van der Waals surface area contributed by atoms with Gasteiger partial charge in [-0.1, -0.05) is 6.08 Å². The van der Waals surface area contributed by atoms with E-state index in [2.05, 4.69) is 11.9 Å². The molecule has 0 aromatic rings. The van der Waals surface area contributed by atoms with Crippen LogP contribution in [0, 0.1) is 0 Å². The maximum absolute atomic E-state index is 10.4. The Hall–Kier alpha value is -0.780. The van der Waals surface area contributed by atoms with Crippen molar-refractivity contribution in [2.45, 2.75) is 25.3 Å². The van der Waals surface area contributed by atoms with Crippen LogP contribution in [-0.2, 0) is 9.59 Å². The molecule has 0 rings (SSSR count). The van der Waals surface area contributed by atoms with E-state index in [9.17, 15) is 9.59 Å². The Balaban J connectivity index is -0.000000845. The Bertz CT molecular complexity index is 224. The monoisotopic (exact) mass is 273 g/mol. The Morgan fingerprint density at radius 1 is 1.25 bits per heavy atom. The number of hydrogen-bond donors (Lipinski definition) is 3. The Labute approximate surface area is 107 Å². The van der Waals surface area contributed by atoms with Gasteiger partial charge in [0.25, 0.3) is 0 Å². The average Bonchev–Trinajstić information content (AvgIpc) is 2.02. The van der Waals surface area contributed by atoms with E-state index in [1.54, 1.807) is 6.08 Å². The van der Waals surface area contributed by atoms with Gasteiger partial charge in [-0.15, -0.1) is 31.4 Å². The Kier molecular flexibility index (Phi) is 15.8. The molecule has 0 aliphatic carbocycles. The lowest BCUT2D eigenvalue weighted by atomic mass is 10.1. The highest BCUT2D eigenvalue weighted by molar-refractivity contribution is 5.85. The molecule has 0 aliphatic heterocycles. The molecular weight excluding hydrogens is 257 g/mol. The first kappa shape index (κ1) is 20.6. The topological polar surface area (TPSA) is 86.6 Å². The summed E-state index contributed by atoms with van der Waals surface area (Å²) < 4.78 is 0. The summed E-state index contributed by atoms with van der Waals surface area (Å²) in [5.41, 5.74) is 0. The largest absolute Gasteiger partial charge is 0.481 e. The third-order valence-corrected chi connectivity index (χ3v) is 1.64. The maximum Gasteiger partial charge on any atom is 0.304 e. The predicted molar refractivity (Wildman–Crippen MR) is 65.6 cm³/mol. The van der Waals surface area contributed by atoms with Gasteiger partial charge in [-0.3, -0.25) is 9.59 Å². The summed E-state index contributed by atoms with van der Waals surface area (Å²) in [6.45, 7) is 3.78. The minimum absolute atomic E-state index is 0. The fraction of sp³-hybridized carbons (Fsp3) is 0.556. The number of nitrogens with one attached hydrogen (secondary N) is 1. The molecule has 0 aromatic heterocycles. The molecule has 0 aromatic carbocycles. The number of halogens is 2. The van der Waals surface area contributed by atoms with Gasteiger partial charge in [-0.05, 0) is 6.42 Å². The molecule has 0 saturated carbocycles. The molecule has 0 radical (unpaired) electrons. The van der Waals surface area contributed by atoms with Crippen molar-refractivity contribution < 1.29 is 19.8 Å². The first-order valence-corrected chi connectivity index (χ1v) is 4.34. The predicted octanol–water partition coefficient (Wildman–Crippen LogP) is 1.31. The molecule has 0 spiro atoms. The summed E-state index contributed by atoms with van der Waals surface area (Å²) in [6, 6.07) is -0.232. The molecule has 7 heteroatoms. The van der Waals surface area contributed by atoms with Crippen LogP contribution in [0.4, 0.5) is 0 Å². The summed E-state index contributed by atoms with van der Waals surface area (Å²) in [5, 5.41) is 19.7.